The highest BCUT2D eigenvalue weighted by Gasteiger charge is 2.34. The van der Waals surface area contributed by atoms with Crippen molar-refractivity contribution in [3.63, 3.8) is 0 Å². The fourth-order valence-corrected chi connectivity index (χ4v) is 5.54. The molecule has 1 aliphatic carbocycles. The van der Waals surface area contributed by atoms with Crippen molar-refractivity contribution in [2.45, 2.75) is 58.1 Å². The van der Waals surface area contributed by atoms with Crippen LogP contribution in [0.3, 0.4) is 0 Å². The van der Waals surface area contributed by atoms with Crippen molar-refractivity contribution in [3.8, 4) is 5.75 Å². The number of benzene rings is 2. The van der Waals surface area contributed by atoms with E-state index in [1.807, 2.05) is 6.92 Å². The van der Waals surface area contributed by atoms with Gasteiger partial charge >= 0.3 is 6.03 Å². The number of aliphatic hydroxyl groups excluding tert-OH is 1. The molecule has 1 heterocycles. The van der Waals surface area contributed by atoms with E-state index in [9.17, 15) is 19.1 Å². The molecule has 2 aliphatic rings. The molecular formula is C30H41FN4O4. The van der Waals surface area contributed by atoms with Gasteiger partial charge in [0.1, 0.15) is 17.7 Å². The highest BCUT2D eigenvalue weighted by atomic mass is 19.1. The monoisotopic (exact) mass is 540 g/mol. The number of carbonyl (C=O) groups is 2. The maximum Gasteiger partial charge on any atom is 0.323 e. The minimum Gasteiger partial charge on any atom is -0.488 e. The van der Waals surface area contributed by atoms with Crippen LogP contribution in [0.25, 0.3) is 0 Å². The number of urea groups is 1. The van der Waals surface area contributed by atoms with E-state index >= 15 is 0 Å². The van der Waals surface area contributed by atoms with E-state index in [2.05, 4.69) is 29.5 Å². The van der Waals surface area contributed by atoms with E-state index in [1.165, 1.54) is 56.4 Å². The zero-order valence-electron chi connectivity index (χ0n) is 23.2. The van der Waals surface area contributed by atoms with Gasteiger partial charge in [-0.3, -0.25) is 4.79 Å². The van der Waals surface area contributed by atoms with E-state index in [4.69, 9.17) is 4.74 Å². The average Bonchev–Trinajstić information content (AvgIpc) is 2.92. The number of rotatable bonds is 8. The molecule has 4 rings (SSSR count). The zero-order valence-corrected chi connectivity index (χ0v) is 23.2. The number of hydrogen-bond acceptors (Lipinski definition) is 5. The van der Waals surface area contributed by atoms with Gasteiger partial charge in [-0.1, -0.05) is 26.2 Å². The number of hydrogen-bond donors (Lipinski definition) is 3. The van der Waals surface area contributed by atoms with Crippen LogP contribution in [-0.4, -0.2) is 72.3 Å². The number of nitrogens with zero attached hydrogens (tertiary/aromatic N) is 2. The maximum atomic E-state index is 13.6. The van der Waals surface area contributed by atoms with Gasteiger partial charge in [0.25, 0.3) is 5.91 Å². The molecular weight excluding hydrogens is 499 g/mol. The molecule has 3 atom stereocenters. The predicted molar refractivity (Wildman–Crippen MR) is 151 cm³/mol. The minimum atomic E-state index is -0.516. The van der Waals surface area contributed by atoms with Crippen molar-refractivity contribution in [2.24, 2.45) is 11.8 Å². The first-order valence-corrected chi connectivity index (χ1v) is 14.0. The van der Waals surface area contributed by atoms with Crippen LogP contribution in [0, 0.1) is 17.7 Å². The SMILES string of the molecule is C[C@H]1CN([C@@H](C)CO)C(=O)c2cc(NC(=O)Nc3ccc(F)cc3)ccc2O[C@@H]1CN(C)CC1CCCCC1. The Hall–Kier alpha value is -3.17. The molecule has 2 aromatic rings. The second-order valence-electron chi connectivity index (χ2n) is 11.1. The van der Waals surface area contributed by atoms with Crippen molar-refractivity contribution >= 4 is 23.3 Å². The number of anilines is 2. The minimum absolute atomic E-state index is 0.0456. The third-order valence-electron chi connectivity index (χ3n) is 7.81. The molecule has 0 radical (unpaired) electrons. The third-order valence-corrected chi connectivity index (χ3v) is 7.81. The summed E-state index contributed by atoms with van der Waals surface area (Å²) in [6.07, 6.45) is 6.33. The topological polar surface area (TPSA) is 94.1 Å². The number of ether oxygens (including phenoxy) is 1. The average molecular weight is 541 g/mol. The van der Waals surface area contributed by atoms with Gasteiger partial charge in [-0.25, -0.2) is 9.18 Å². The summed E-state index contributed by atoms with van der Waals surface area (Å²) in [6.45, 7) is 5.97. The number of nitrogens with one attached hydrogen (secondary N) is 2. The van der Waals surface area contributed by atoms with Crippen molar-refractivity contribution in [3.05, 3.63) is 53.8 Å². The van der Waals surface area contributed by atoms with Gasteiger partial charge in [0.15, 0.2) is 0 Å². The van der Waals surface area contributed by atoms with E-state index < -0.39 is 11.8 Å². The Morgan fingerprint density at radius 1 is 1.10 bits per heavy atom. The molecule has 3 N–H and O–H groups in total. The standard InChI is InChI=1S/C30H41FN4O4/c1-20-16-35(21(2)19-36)29(37)26-15-25(33-30(38)32-24-11-9-23(31)10-12-24)13-14-27(26)39-28(20)18-34(3)17-22-7-5-4-6-8-22/h9-15,20-22,28,36H,4-8,16-19H2,1-3H3,(H2,32,33,38)/t20-,21-,28+/m0/s1. The summed E-state index contributed by atoms with van der Waals surface area (Å²) in [6, 6.07) is 9.59. The highest BCUT2D eigenvalue weighted by Crippen LogP contribution is 2.31. The molecule has 1 fully saturated rings. The van der Waals surface area contributed by atoms with Crippen molar-refractivity contribution in [1.29, 1.82) is 0 Å². The zero-order chi connectivity index (χ0) is 27.9. The lowest BCUT2D eigenvalue weighted by atomic mass is 9.89. The number of halogens is 1. The lowest BCUT2D eigenvalue weighted by Gasteiger charge is -2.38. The second-order valence-corrected chi connectivity index (χ2v) is 11.1. The van der Waals surface area contributed by atoms with Crippen LogP contribution in [0.15, 0.2) is 42.5 Å². The van der Waals surface area contributed by atoms with Crippen LogP contribution in [0.2, 0.25) is 0 Å². The van der Waals surface area contributed by atoms with Crippen LogP contribution in [0.5, 0.6) is 5.75 Å². The molecule has 0 bridgehead atoms. The molecule has 1 saturated carbocycles. The van der Waals surface area contributed by atoms with E-state index in [-0.39, 0.29) is 30.6 Å². The Kier molecular flexibility index (Phi) is 9.80. The second kappa shape index (κ2) is 13.3. The van der Waals surface area contributed by atoms with Crippen LogP contribution in [-0.2, 0) is 0 Å². The summed E-state index contributed by atoms with van der Waals surface area (Å²) in [5.41, 5.74) is 1.19. The first-order chi connectivity index (χ1) is 18.7. The van der Waals surface area contributed by atoms with Gasteiger partial charge in [-0.15, -0.1) is 0 Å². The van der Waals surface area contributed by atoms with E-state index in [0.29, 0.717) is 35.2 Å². The summed E-state index contributed by atoms with van der Waals surface area (Å²) in [5, 5.41) is 15.3. The Bertz CT molecular complexity index is 1120. The fraction of sp³-hybridized carbons (Fsp3) is 0.533. The molecule has 0 spiro atoms. The molecule has 2 aromatic carbocycles. The molecule has 8 nitrogen and oxygen atoms in total. The lowest BCUT2D eigenvalue weighted by Crippen LogP contribution is -2.50. The van der Waals surface area contributed by atoms with Crippen molar-refractivity contribution < 1.29 is 23.8 Å². The molecule has 0 saturated heterocycles. The summed E-state index contributed by atoms with van der Waals surface area (Å²) in [7, 11) is 2.14. The molecule has 1 aliphatic heterocycles. The third kappa shape index (κ3) is 7.70. The Labute approximate surface area is 230 Å². The Morgan fingerprint density at radius 3 is 2.46 bits per heavy atom. The fourth-order valence-electron chi connectivity index (χ4n) is 5.54. The number of amides is 3. The predicted octanol–water partition coefficient (Wildman–Crippen LogP) is 5.20. The van der Waals surface area contributed by atoms with Gasteiger partial charge in [0, 0.05) is 36.9 Å². The summed E-state index contributed by atoms with van der Waals surface area (Å²) < 4.78 is 19.7. The van der Waals surface area contributed by atoms with Crippen molar-refractivity contribution in [1.82, 2.24) is 9.80 Å². The molecule has 3 amide bonds. The quantitative estimate of drug-likeness (QED) is 0.428. The van der Waals surface area contributed by atoms with E-state index in [1.54, 1.807) is 23.1 Å². The number of fused-ring (bicyclic) bond motifs is 1. The van der Waals surface area contributed by atoms with Crippen molar-refractivity contribution in [2.75, 3.05) is 43.9 Å². The molecule has 39 heavy (non-hydrogen) atoms. The molecule has 0 aromatic heterocycles. The summed E-state index contributed by atoms with van der Waals surface area (Å²) >= 11 is 0. The Morgan fingerprint density at radius 2 is 1.77 bits per heavy atom. The summed E-state index contributed by atoms with van der Waals surface area (Å²) in [5.74, 6) is 0.569. The van der Waals surface area contributed by atoms with Gasteiger partial charge in [0.2, 0.25) is 0 Å². The maximum absolute atomic E-state index is 13.6. The summed E-state index contributed by atoms with van der Waals surface area (Å²) in [4.78, 5) is 30.2. The first-order valence-electron chi connectivity index (χ1n) is 14.0. The largest absolute Gasteiger partial charge is 0.488 e. The highest BCUT2D eigenvalue weighted by molar-refractivity contribution is 6.02. The smallest absolute Gasteiger partial charge is 0.323 e. The lowest BCUT2D eigenvalue weighted by molar-refractivity contribution is 0.0330. The van der Waals surface area contributed by atoms with Gasteiger partial charge in [-0.05, 0) is 75.2 Å². The van der Waals surface area contributed by atoms with Crippen LogP contribution < -0.4 is 15.4 Å². The number of likely N-dealkylation sites (N-methyl/N-ethyl adjacent to an activating group) is 1. The Balaban J connectivity index is 1.53. The molecule has 212 valence electrons. The van der Waals surface area contributed by atoms with Crippen LogP contribution in [0.1, 0.15) is 56.3 Å². The van der Waals surface area contributed by atoms with Crippen LogP contribution in [0.4, 0.5) is 20.6 Å². The van der Waals surface area contributed by atoms with Gasteiger partial charge < -0.3 is 30.3 Å². The van der Waals surface area contributed by atoms with Crippen LogP contribution >= 0.6 is 0 Å². The number of aliphatic hydroxyl groups is 1. The molecule has 9 heteroatoms. The molecule has 0 unspecified atom stereocenters. The normalized spacial score (nSPS) is 21.0. The van der Waals surface area contributed by atoms with Gasteiger partial charge in [-0.2, -0.15) is 0 Å². The first kappa shape index (κ1) is 28.8. The van der Waals surface area contributed by atoms with Gasteiger partial charge in [0.05, 0.1) is 18.2 Å². The number of carbonyl (C=O) groups excluding carboxylic acids is 2. The van der Waals surface area contributed by atoms with E-state index in [0.717, 1.165) is 13.1 Å².